The molecule has 492 valence electrons. The number of nitrogens with zero attached hydrogens (tertiary/aromatic N) is 3. The molecule has 0 atom stereocenters. The summed E-state index contributed by atoms with van der Waals surface area (Å²) in [4.78, 5) is 44.7. The molecule has 0 bridgehead atoms. The average molecular weight is 1380 g/mol. The minimum atomic E-state index is -0.117. The van der Waals surface area contributed by atoms with Gasteiger partial charge in [0.15, 0.2) is 17.3 Å². The van der Waals surface area contributed by atoms with Gasteiger partial charge in [-0.1, -0.05) is 94.4 Å². The first-order valence-electron chi connectivity index (χ1n) is 31.8. The minimum absolute atomic E-state index is 0.0455. The number of halogens is 5. The van der Waals surface area contributed by atoms with Crippen molar-refractivity contribution in [1.82, 2.24) is 14.7 Å². The summed E-state index contributed by atoms with van der Waals surface area (Å²) in [6, 6.07) is 44.9. The highest BCUT2D eigenvalue weighted by atomic mass is 35.5. The van der Waals surface area contributed by atoms with Gasteiger partial charge in [0.2, 0.25) is 0 Å². The summed E-state index contributed by atoms with van der Waals surface area (Å²) < 4.78 is 41.2. The average Bonchev–Trinajstić information content (AvgIpc) is 1.63. The molecule has 0 radical (unpaired) electrons. The van der Waals surface area contributed by atoms with Crippen molar-refractivity contribution >= 4 is 75.7 Å². The molecule has 9 heterocycles. The van der Waals surface area contributed by atoms with Gasteiger partial charge in [0.05, 0.1) is 34.9 Å². The number of aryl methyl sites for hydroxylation is 1. The van der Waals surface area contributed by atoms with Crippen molar-refractivity contribution in [2.45, 2.75) is 87.9 Å². The molecule has 6 aliphatic rings. The van der Waals surface area contributed by atoms with Crippen LogP contribution in [0.15, 0.2) is 159 Å². The van der Waals surface area contributed by atoms with Crippen molar-refractivity contribution in [3.63, 3.8) is 0 Å². The summed E-state index contributed by atoms with van der Waals surface area (Å²) in [5, 5.41) is 2.70. The lowest BCUT2D eigenvalue weighted by Gasteiger charge is -2.38. The van der Waals surface area contributed by atoms with Crippen molar-refractivity contribution in [1.29, 1.82) is 0 Å². The Kier molecular flexibility index (Phi) is 19.2. The standard InChI is InChI=1S/C26H27ClN2O4.2C24H22Cl2N2O3/c1-17-12-19(3-5-22(17)27)31-15-20-4-7-24(33-20)25(30)29-10-8-26(9-11-29)16-32-23-6-2-18(14-28)13-21(23)26;25-16-2-3-19(26)17(12-16)20-5-6-22(31-20)23(29)28-9-7-24(8-10-28)14-30-21-4-1-15(13-27)11-18(21)24;25-18-3-2-16(12-19(18)26)20-5-6-22(31-20)23(29)28-9-7-24(8-10-28)14-30-21-4-1-15(13-27)11-17(21)24/h2-7,12-13H,8-11,14-16,28H2,1H3;2*1-6,11-12H,7-10,13-14,27H2. The predicted molar refractivity (Wildman–Crippen MR) is 367 cm³/mol. The van der Waals surface area contributed by atoms with Crippen LogP contribution in [0.4, 0.5) is 0 Å². The van der Waals surface area contributed by atoms with Gasteiger partial charge in [0.25, 0.3) is 17.7 Å². The van der Waals surface area contributed by atoms with Crippen LogP contribution in [0.2, 0.25) is 25.1 Å². The first-order valence-corrected chi connectivity index (χ1v) is 33.7. The Morgan fingerprint density at radius 1 is 0.442 bits per heavy atom. The van der Waals surface area contributed by atoms with Crippen LogP contribution >= 0.6 is 58.0 Å². The number of carbonyl (C=O) groups excluding carboxylic acids is 3. The van der Waals surface area contributed by atoms with Gasteiger partial charge in [0, 0.05) is 113 Å². The number of hydrogen-bond donors (Lipinski definition) is 3. The van der Waals surface area contributed by atoms with E-state index in [9.17, 15) is 14.4 Å². The predicted octanol–water partition coefficient (Wildman–Crippen LogP) is 15.4. The SMILES string of the molecule is Cc1cc(OCc2ccc(C(=O)N3CCC4(CC3)COc3ccc(CN)cc34)o2)ccc1Cl.NCc1ccc2c(c1)C1(CCN(C(=O)c3ccc(-c4cc(Cl)ccc4Cl)o3)CC1)CO2.NCc1ccc2c(c1)C1(CCN(C(=O)c3ccc(-c4ccc(Cl)c(Cl)c4)o3)CC1)CO2. The lowest BCUT2D eigenvalue weighted by molar-refractivity contribution is 0.0607. The third-order valence-corrected chi connectivity index (χ3v) is 21.2. The maximum Gasteiger partial charge on any atom is 0.289 e. The van der Waals surface area contributed by atoms with Crippen LogP contribution < -0.4 is 36.1 Å². The molecular weight excluding hydrogens is 1310 g/mol. The van der Waals surface area contributed by atoms with Crippen LogP contribution in [-0.2, 0) is 42.5 Å². The van der Waals surface area contributed by atoms with E-state index in [4.69, 9.17) is 107 Å². The molecule has 15 rings (SSSR count). The summed E-state index contributed by atoms with van der Waals surface area (Å²) >= 11 is 30.5. The van der Waals surface area contributed by atoms with Crippen molar-refractivity contribution < 1.29 is 46.6 Å². The zero-order chi connectivity index (χ0) is 66.2. The van der Waals surface area contributed by atoms with E-state index in [1.54, 1.807) is 72.8 Å². The van der Waals surface area contributed by atoms with E-state index >= 15 is 0 Å². The van der Waals surface area contributed by atoms with Crippen LogP contribution in [0.25, 0.3) is 22.6 Å². The van der Waals surface area contributed by atoms with E-state index in [1.807, 2.05) is 76.2 Å². The molecule has 6 N–H and O–H groups in total. The Morgan fingerprint density at radius 2 is 0.874 bits per heavy atom. The molecule has 95 heavy (non-hydrogen) atoms. The Hall–Kier alpha value is -7.90. The molecule has 3 amide bonds. The van der Waals surface area contributed by atoms with E-state index in [1.165, 1.54) is 16.7 Å². The molecule has 16 nitrogen and oxygen atoms in total. The molecule has 6 aromatic carbocycles. The lowest BCUT2D eigenvalue weighted by Crippen LogP contribution is -2.46. The first-order chi connectivity index (χ1) is 45.9. The fourth-order valence-corrected chi connectivity index (χ4v) is 14.5. The first kappa shape index (κ1) is 65.7. The van der Waals surface area contributed by atoms with Crippen LogP contribution in [0, 0.1) is 6.92 Å². The second-order valence-corrected chi connectivity index (χ2v) is 27.3. The van der Waals surface area contributed by atoms with Crippen molar-refractivity contribution in [3.8, 4) is 45.6 Å². The number of amides is 3. The zero-order valence-corrected chi connectivity index (χ0v) is 56.1. The van der Waals surface area contributed by atoms with E-state index in [2.05, 4.69) is 18.2 Å². The second-order valence-electron chi connectivity index (χ2n) is 25.2. The maximum absolute atomic E-state index is 13.1. The number of benzene rings is 6. The Balaban J connectivity index is 0.000000129. The van der Waals surface area contributed by atoms with Crippen LogP contribution in [0.3, 0.4) is 0 Å². The van der Waals surface area contributed by atoms with Crippen LogP contribution in [0.1, 0.15) is 115 Å². The summed E-state index contributed by atoms with van der Waals surface area (Å²) in [5.74, 6) is 5.90. The van der Waals surface area contributed by atoms with E-state index in [0.29, 0.717) is 150 Å². The summed E-state index contributed by atoms with van der Waals surface area (Å²) in [6.07, 6.45) is 5.08. The normalized spacial score (nSPS) is 16.8. The third-order valence-electron chi connectivity index (χ3n) is 19.5. The molecule has 6 aliphatic heterocycles. The van der Waals surface area contributed by atoms with Gasteiger partial charge in [-0.2, -0.15) is 0 Å². The number of hydrogen-bond acceptors (Lipinski definition) is 13. The number of rotatable bonds is 11. The number of likely N-dealkylation sites (tertiary alicyclic amines) is 3. The fraction of sp³-hybridized carbons (Fsp3) is 0.311. The summed E-state index contributed by atoms with van der Waals surface area (Å²) in [7, 11) is 0. The van der Waals surface area contributed by atoms with Gasteiger partial charge in [-0.05, 0) is 177 Å². The Morgan fingerprint density at radius 3 is 1.34 bits per heavy atom. The Labute approximate surface area is 575 Å². The van der Waals surface area contributed by atoms with Gasteiger partial charge in [0.1, 0.15) is 46.9 Å². The molecule has 3 spiro atoms. The number of piperidine rings is 3. The molecule has 3 saturated heterocycles. The van der Waals surface area contributed by atoms with Crippen molar-refractivity contribution in [2.24, 2.45) is 17.2 Å². The van der Waals surface area contributed by atoms with Gasteiger partial charge >= 0.3 is 0 Å². The number of ether oxygens (including phenoxy) is 4. The van der Waals surface area contributed by atoms with Gasteiger partial charge in [-0.15, -0.1) is 0 Å². The lowest BCUT2D eigenvalue weighted by atomic mass is 9.74. The monoisotopic (exact) mass is 1380 g/mol. The molecular formula is C74H71Cl5N6O10. The maximum atomic E-state index is 13.1. The van der Waals surface area contributed by atoms with Gasteiger partial charge in [-0.25, -0.2) is 0 Å². The largest absolute Gasteiger partial charge is 0.492 e. The molecule has 9 aromatic rings. The third kappa shape index (κ3) is 13.5. The van der Waals surface area contributed by atoms with Gasteiger partial charge < -0.3 is 64.1 Å². The fourth-order valence-electron chi connectivity index (χ4n) is 13.7. The molecule has 3 fully saturated rings. The van der Waals surface area contributed by atoms with Gasteiger partial charge in [-0.3, -0.25) is 14.4 Å². The van der Waals surface area contributed by atoms with E-state index in [0.717, 1.165) is 83.6 Å². The molecule has 0 saturated carbocycles. The molecule has 0 aliphatic carbocycles. The minimum Gasteiger partial charge on any atom is -0.492 e. The highest BCUT2D eigenvalue weighted by Crippen LogP contribution is 2.49. The van der Waals surface area contributed by atoms with E-state index in [-0.39, 0.29) is 40.6 Å². The topological polar surface area (TPSA) is 215 Å². The molecule has 21 heteroatoms. The van der Waals surface area contributed by atoms with Crippen LogP contribution in [-0.4, -0.2) is 91.5 Å². The van der Waals surface area contributed by atoms with Crippen molar-refractivity contribution in [3.05, 3.63) is 233 Å². The molecule has 0 unspecified atom stereocenters. The number of nitrogens with two attached hydrogens (primary N) is 3. The number of fused-ring (bicyclic) bond motifs is 6. The van der Waals surface area contributed by atoms with Crippen molar-refractivity contribution in [2.75, 3.05) is 59.1 Å². The number of furan rings is 3. The quantitative estimate of drug-likeness (QED) is 0.110. The highest BCUT2D eigenvalue weighted by molar-refractivity contribution is 6.42. The Bertz CT molecular complexity index is 4350. The number of carbonyl (C=O) groups is 3. The summed E-state index contributed by atoms with van der Waals surface area (Å²) in [6.45, 7) is 9.55. The summed E-state index contributed by atoms with van der Waals surface area (Å²) in [5.41, 5.74) is 26.7. The van der Waals surface area contributed by atoms with Crippen LogP contribution in [0.5, 0.6) is 23.0 Å². The zero-order valence-electron chi connectivity index (χ0n) is 52.3. The molecule has 3 aromatic heterocycles. The highest BCUT2D eigenvalue weighted by Gasteiger charge is 2.47. The van der Waals surface area contributed by atoms with E-state index < -0.39 is 0 Å². The smallest absolute Gasteiger partial charge is 0.289 e. The second kappa shape index (κ2) is 27.7.